The lowest BCUT2D eigenvalue weighted by atomic mass is 10.00. The van der Waals surface area contributed by atoms with Crippen molar-refractivity contribution in [1.29, 1.82) is 0 Å². The highest BCUT2D eigenvalue weighted by Gasteiger charge is 2.46. The molecule has 1 amide bonds. The molecule has 1 aromatic carbocycles. The molecule has 2 heterocycles. The number of ketones is 1. The first-order chi connectivity index (χ1) is 14.0. The lowest BCUT2D eigenvalue weighted by Gasteiger charge is -2.23. The normalized spacial score (nSPS) is 18.4. The van der Waals surface area contributed by atoms with Gasteiger partial charge >= 0.3 is 0 Å². The fraction of sp³-hybridized carbons (Fsp3) is 0.263. The molecule has 1 fully saturated rings. The molecule has 1 atom stereocenters. The third-order valence-electron chi connectivity index (χ3n) is 4.42. The van der Waals surface area contributed by atoms with E-state index in [2.05, 4.69) is 0 Å². The van der Waals surface area contributed by atoms with Gasteiger partial charge in [0.05, 0.1) is 36.4 Å². The van der Waals surface area contributed by atoms with Gasteiger partial charge in [-0.05, 0) is 23.6 Å². The third-order valence-corrected chi connectivity index (χ3v) is 5.34. The minimum atomic E-state index is -0.832. The van der Waals surface area contributed by atoms with Gasteiger partial charge in [0.1, 0.15) is 5.76 Å². The van der Waals surface area contributed by atoms with Crippen molar-refractivity contribution in [3.63, 3.8) is 0 Å². The van der Waals surface area contributed by atoms with Crippen LogP contribution in [0.5, 0.6) is 0 Å². The molecule has 152 valence electrons. The van der Waals surface area contributed by atoms with Crippen LogP contribution in [0.2, 0.25) is 0 Å². The Kier molecular flexibility index (Phi) is 6.37. The molecule has 1 aromatic heterocycles. The molecule has 2 N–H and O–H groups in total. The lowest BCUT2D eigenvalue weighted by molar-refractivity contribution is -0.384. The molecule has 29 heavy (non-hydrogen) atoms. The first-order valence-electron chi connectivity index (χ1n) is 8.71. The van der Waals surface area contributed by atoms with E-state index in [0.29, 0.717) is 4.88 Å². The smallest absolute Gasteiger partial charge is 0.295 e. The highest BCUT2D eigenvalue weighted by atomic mass is 32.1. The van der Waals surface area contributed by atoms with Crippen LogP contribution in [0.4, 0.5) is 5.69 Å². The van der Waals surface area contributed by atoms with E-state index in [1.54, 1.807) is 17.5 Å². The predicted octanol–water partition coefficient (Wildman–Crippen LogP) is 2.09. The molecule has 0 spiro atoms. The number of nitro benzene ring substituents is 1. The average molecular weight is 418 g/mol. The first kappa shape index (κ1) is 20.6. The third kappa shape index (κ3) is 4.19. The van der Waals surface area contributed by atoms with E-state index in [1.807, 2.05) is 0 Å². The maximum Gasteiger partial charge on any atom is 0.295 e. The number of rotatable bonds is 8. The van der Waals surface area contributed by atoms with Gasteiger partial charge in [0.15, 0.2) is 0 Å². The second kappa shape index (κ2) is 8.95. The number of nitrogens with zero attached hydrogens (tertiary/aromatic N) is 2. The Morgan fingerprint density at radius 2 is 1.93 bits per heavy atom. The largest absolute Gasteiger partial charge is 0.507 e. The summed E-state index contributed by atoms with van der Waals surface area (Å²) in [6.45, 7) is 0.168. The molecule has 9 nitrogen and oxygen atoms in total. The fourth-order valence-electron chi connectivity index (χ4n) is 3.08. The number of likely N-dealkylation sites (tertiary alicyclic amines) is 1. The molecule has 0 bridgehead atoms. The number of amides is 1. The number of nitro groups is 1. The maximum absolute atomic E-state index is 12.7. The summed E-state index contributed by atoms with van der Waals surface area (Å²) in [6.07, 6.45) is 0. The van der Waals surface area contributed by atoms with Crippen LogP contribution < -0.4 is 0 Å². The zero-order valence-corrected chi connectivity index (χ0v) is 16.0. The summed E-state index contributed by atoms with van der Waals surface area (Å²) in [7, 11) is 0. The molecule has 10 heteroatoms. The van der Waals surface area contributed by atoms with Crippen molar-refractivity contribution in [3.05, 3.63) is 67.9 Å². The van der Waals surface area contributed by atoms with Gasteiger partial charge in [-0.2, -0.15) is 0 Å². The second-order valence-corrected chi connectivity index (χ2v) is 7.13. The molecule has 3 rings (SSSR count). The predicted molar refractivity (Wildman–Crippen MR) is 104 cm³/mol. The summed E-state index contributed by atoms with van der Waals surface area (Å²) in [6, 6.07) is 7.83. The van der Waals surface area contributed by atoms with Crippen LogP contribution in [0.3, 0.4) is 0 Å². The number of thiophene rings is 1. The molecule has 2 aromatic rings. The Morgan fingerprint density at radius 1 is 1.21 bits per heavy atom. The van der Waals surface area contributed by atoms with Gasteiger partial charge in [-0.25, -0.2) is 0 Å². The summed E-state index contributed by atoms with van der Waals surface area (Å²) in [5.74, 6) is -1.99. The van der Waals surface area contributed by atoms with Gasteiger partial charge in [-0.1, -0.05) is 6.07 Å². The molecule has 0 saturated carbocycles. The van der Waals surface area contributed by atoms with E-state index in [1.165, 1.54) is 40.5 Å². The average Bonchev–Trinajstić information content (AvgIpc) is 3.33. The van der Waals surface area contributed by atoms with Gasteiger partial charge < -0.3 is 19.8 Å². The maximum atomic E-state index is 12.7. The standard InChI is InChI=1S/C19H18N2O7S/c22-8-10-28-9-7-20-16(14-2-1-11-29-14)15(18(24)19(20)25)17(23)12-3-5-13(6-4-12)21(26)27/h1-6,11,16,22-23H,7-10H2/t16-/m0/s1. The number of carbonyl (C=O) groups is 2. The number of carbonyl (C=O) groups excluding carboxylic acids is 2. The monoisotopic (exact) mass is 418 g/mol. The van der Waals surface area contributed by atoms with Gasteiger partial charge in [0.25, 0.3) is 17.4 Å². The van der Waals surface area contributed by atoms with E-state index >= 15 is 0 Å². The van der Waals surface area contributed by atoms with Crippen molar-refractivity contribution in [2.75, 3.05) is 26.4 Å². The summed E-state index contributed by atoms with van der Waals surface area (Å²) < 4.78 is 5.22. The van der Waals surface area contributed by atoms with Gasteiger partial charge in [-0.3, -0.25) is 19.7 Å². The molecule has 1 aliphatic heterocycles. The highest BCUT2D eigenvalue weighted by Crippen LogP contribution is 2.40. The van der Waals surface area contributed by atoms with E-state index < -0.39 is 28.4 Å². The topological polar surface area (TPSA) is 130 Å². The van der Waals surface area contributed by atoms with Crippen molar-refractivity contribution in [2.45, 2.75) is 6.04 Å². The minimum absolute atomic E-state index is 0.0755. The van der Waals surface area contributed by atoms with E-state index in [4.69, 9.17) is 9.84 Å². The van der Waals surface area contributed by atoms with Crippen LogP contribution in [-0.2, 0) is 14.3 Å². The molecule has 0 aliphatic carbocycles. The van der Waals surface area contributed by atoms with Gasteiger partial charge in [0.2, 0.25) is 0 Å². The van der Waals surface area contributed by atoms with E-state index in [9.17, 15) is 24.8 Å². The van der Waals surface area contributed by atoms with Crippen LogP contribution in [0.1, 0.15) is 16.5 Å². The van der Waals surface area contributed by atoms with E-state index in [0.717, 1.165) is 0 Å². The SMILES string of the molecule is O=C1C(=O)N(CCOCCO)[C@@H](c2cccs2)C1=C(O)c1ccc([N+](=O)[O-])cc1. The summed E-state index contributed by atoms with van der Waals surface area (Å²) >= 11 is 1.33. The Hall–Kier alpha value is -3.08. The second-order valence-electron chi connectivity index (χ2n) is 6.15. The molecule has 0 unspecified atom stereocenters. The molecule has 0 radical (unpaired) electrons. The summed E-state index contributed by atoms with van der Waals surface area (Å²) in [5.41, 5.74) is -0.0296. The summed E-state index contributed by atoms with van der Waals surface area (Å²) in [4.78, 5) is 37.6. The number of Topliss-reactive ketones (excluding diaryl/α,β-unsaturated/α-hetero) is 1. The Bertz CT molecular complexity index is 938. The lowest BCUT2D eigenvalue weighted by Crippen LogP contribution is -2.32. The summed E-state index contributed by atoms with van der Waals surface area (Å²) in [5, 5.41) is 32.2. The Morgan fingerprint density at radius 3 is 2.52 bits per heavy atom. The number of hydrogen-bond donors (Lipinski definition) is 2. The van der Waals surface area contributed by atoms with Crippen molar-refractivity contribution in [2.24, 2.45) is 0 Å². The van der Waals surface area contributed by atoms with Gasteiger partial charge in [-0.15, -0.1) is 11.3 Å². The zero-order valence-electron chi connectivity index (χ0n) is 15.2. The zero-order chi connectivity index (χ0) is 21.0. The van der Waals surface area contributed by atoms with Gasteiger partial charge in [0, 0.05) is 29.1 Å². The van der Waals surface area contributed by atoms with Crippen LogP contribution >= 0.6 is 11.3 Å². The van der Waals surface area contributed by atoms with Crippen molar-refractivity contribution >= 4 is 34.5 Å². The molecule has 1 saturated heterocycles. The quantitative estimate of drug-likeness (QED) is 0.168. The molecular formula is C19H18N2O7S. The number of aliphatic hydroxyl groups excluding tert-OH is 2. The van der Waals surface area contributed by atoms with Crippen molar-refractivity contribution in [3.8, 4) is 0 Å². The highest BCUT2D eigenvalue weighted by molar-refractivity contribution is 7.10. The molecule has 1 aliphatic rings. The number of non-ortho nitro benzene ring substituents is 1. The number of benzene rings is 1. The molecular weight excluding hydrogens is 400 g/mol. The minimum Gasteiger partial charge on any atom is -0.507 e. The Labute approximate surface area is 169 Å². The van der Waals surface area contributed by atoms with Crippen LogP contribution in [0.15, 0.2) is 47.4 Å². The fourth-order valence-corrected chi connectivity index (χ4v) is 3.92. The Balaban J connectivity index is 2.00. The van der Waals surface area contributed by atoms with Crippen molar-refractivity contribution < 1.29 is 29.5 Å². The number of hydrogen-bond acceptors (Lipinski definition) is 8. The first-order valence-corrected chi connectivity index (χ1v) is 9.59. The van der Waals surface area contributed by atoms with Crippen LogP contribution in [0.25, 0.3) is 5.76 Å². The number of ether oxygens (including phenoxy) is 1. The van der Waals surface area contributed by atoms with Crippen LogP contribution in [-0.4, -0.2) is 58.1 Å². The van der Waals surface area contributed by atoms with Crippen LogP contribution in [0, 0.1) is 10.1 Å². The number of aliphatic hydroxyl groups is 2. The van der Waals surface area contributed by atoms with E-state index in [-0.39, 0.29) is 43.2 Å². The van der Waals surface area contributed by atoms with Crippen molar-refractivity contribution in [1.82, 2.24) is 4.90 Å².